The maximum absolute atomic E-state index is 12.3. The van der Waals surface area contributed by atoms with Gasteiger partial charge in [0.05, 0.1) is 11.9 Å². The molecule has 2 heterocycles. The molecule has 1 aromatic heterocycles. The number of hydrogen-bond donors (Lipinski definition) is 3. The van der Waals surface area contributed by atoms with Gasteiger partial charge in [-0.3, -0.25) is 0 Å². The fourth-order valence-electron chi connectivity index (χ4n) is 3.98. The van der Waals surface area contributed by atoms with Crippen molar-refractivity contribution in [3.8, 4) is 5.88 Å². The average Bonchev–Trinajstić information content (AvgIpc) is 3.42. The van der Waals surface area contributed by atoms with Gasteiger partial charge in [0, 0.05) is 36.6 Å². The zero-order valence-electron chi connectivity index (χ0n) is 16.9. The molecule has 1 aliphatic carbocycles. The SMILES string of the molecule is CNC1CCN(c2ccc(NC(=O)Nc3ccc(OC4CCCC4)nc3)cc2)C1. The van der Waals surface area contributed by atoms with Gasteiger partial charge in [-0.15, -0.1) is 0 Å². The predicted octanol–water partition coefficient (Wildman–Crippen LogP) is 3.85. The van der Waals surface area contributed by atoms with Crippen LogP contribution in [0.5, 0.6) is 5.88 Å². The molecular weight excluding hydrogens is 366 g/mol. The van der Waals surface area contributed by atoms with Crippen molar-refractivity contribution in [1.29, 1.82) is 0 Å². The topological polar surface area (TPSA) is 78.5 Å². The van der Waals surface area contributed by atoms with Crippen LogP contribution in [0.1, 0.15) is 32.1 Å². The molecule has 2 amide bonds. The number of nitrogens with zero attached hydrogens (tertiary/aromatic N) is 2. The van der Waals surface area contributed by atoms with E-state index in [0.717, 1.165) is 38.0 Å². The highest BCUT2D eigenvalue weighted by Crippen LogP contribution is 2.24. The largest absolute Gasteiger partial charge is 0.474 e. The highest BCUT2D eigenvalue weighted by Gasteiger charge is 2.21. The minimum Gasteiger partial charge on any atom is -0.474 e. The van der Waals surface area contributed by atoms with Gasteiger partial charge in [-0.1, -0.05) is 0 Å². The number of aromatic nitrogens is 1. The van der Waals surface area contributed by atoms with Crippen LogP contribution in [0.4, 0.5) is 21.9 Å². The minimum atomic E-state index is -0.291. The van der Waals surface area contributed by atoms with Crippen LogP contribution in [0.15, 0.2) is 42.6 Å². The molecule has 0 bridgehead atoms. The number of amides is 2. The Morgan fingerprint density at radius 2 is 1.76 bits per heavy atom. The van der Waals surface area contributed by atoms with Crippen molar-refractivity contribution in [3.05, 3.63) is 42.6 Å². The molecule has 7 nitrogen and oxygen atoms in total. The Bertz CT molecular complexity index is 803. The second-order valence-electron chi connectivity index (χ2n) is 7.76. The molecule has 2 fully saturated rings. The monoisotopic (exact) mass is 395 g/mol. The highest BCUT2D eigenvalue weighted by atomic mass is 16.5. The molecule has 1 saturated carbocycles. The van der Waals surface area contributed by atoms with Gasteiger partial charge in [-0.25, -0.2) is 9.78 Å². The molecule has 1 aromatic carbocycles. The first kappa shape index (κ1) is 19.5. The number of ether oxygens (including phenoxy) is 1. The quantitative estimate of drug-likeness (QED) is 0.693. The Kier molecular flexibility index (Phi) is 6.14. The summed E-state index contributed by atoms with van der Waals surface area (Å²) in [6, 6.07) is 11.8. The Balaban J connectivity index is 1.27. The van der Waals surface area contributed by atoms with E-state index in [0.29, 0.717) is 17.6 Å². The summed E-state index contributed by atoms with van der Waals surface area (Å²) in [5.74, 6) is 0.612. The number of hydrogen-bond acceptors (Lipinski definition) is 5. The van der Waals surface area contributed by atoms with Crippen molar-refractivity contribution in [1.82, 2.24) is 10.3 Å². The normalized spacial score (nSPS) is 19.3. The zero-order chi connectivity index (χ0) is 20.1. The van der Waals surface area contributed by atoms with Gasteiger partial charge < -0.3 is 25.6 Å². The lowest BCUT2D eigenvalue weighted by Crippen LogP contribution is -2.29. The van der Waals surface area contributed by atoms with Gasteiger partial charge in [0.1, 0.15) is 6.10 Å². The fraction of sp³-hybridized carbons (Fsp3) is 0.455. The molecule has 7 heteroatoms. The second kappa shape index (κ2) is 9.13. The molecule has 1 saturated heterocycles. The summed E-state index contributed by atoms with van der Waals surface area (Å²) in [4.78, 5) is 18.9. The molecule has 1 aliphatic heterocycles. The second-order valence-corrected chi connectivity index (χ2v) is 7.76. The van der Waals surface area contributed by atoms with Crippen LogP contribution >= 0.6 is 0 Å². The van der Waals surface area contributed by atoms with Crippen molar-refractivity contribution < 1.29 is 9.53 Å². The van der Waals surface area contributed by atoms with Crippen molar-refractivity contribution in [2.45, 2.75) is 44.2 Å². The molecule has 1 unspecified atom stereocenters. The van der Waals surface area contributed by atoms with Gasteiger partial charge in [0.2, 0.25) is 5.88 Å². The van der Waals surface area contributed by atoms with Crippen LogP contribution in [0.25, 0.3) is 0 Å². The van der Waals surface area contributed by atoms with E-state index in [1.807, 2.05) is 37.4 Å². The van der Waals surface area contributed by atoms with Gasteiger partial charge in [-0.2, -0.15) is 0 Å². The van der Waals surface area contributed by atoms with Crippen molar-refractivity contribution in [2.24, 2.45) is 0 Å². The third kappa shape index (κ3) is 5.17. The maximum Gasteiger partial charge on any atom is 0.323 e. The summed E-state index contributed by atoms with van der Waals surface area (Å²) in [6.45, 7) is 2.06. The number of pyridine rings is 1. The number of likely N-dealkylation sites (N-methyl/N-ethyl adjacent to an activating group) is 1. The van der Waals surface area contributed by atoms with E-state index < -0.39 is 0 Å². The van der Waals surface area contributed by atoms with Crippen molar-refractivity contribution in [2.75, 3.05) is 35.7 Å². The first-order chi connectivity index (χ1) is 14.2. The summed E-state index contributed by atoms with van der Waals surface area (Å²) >= 11 is 0. The summed E-state index contributed by atoms with van der Waals surface area (Å²) in [5, 5.41) is 8.99. The third-order valence-corrected chi connectivity index (χ3v) is 5.67. The van der Waals surface area contributed by atoms with Crippen LogP contribution in [0, 0.1) is 0 Å². The highest BCUT2D eigenvalue weighted by molar-refractivity contribution is 5.99. The molecular formula is C22H29N5O2. The number of benzene rings is 1. The zero-order valence-corrected chi connectivity index (χ0v) is 16.9. The first-order valence-electron chi connectivity index (χ1n) is 10.4. The molecule has 0 spiro atoms. The van der Waals surface area contributed by atoms with Gasteiger partial charge in [0.15, 0.2) is 0 Å². The lowest BCUT2D eigenvalue weighted by atomic mass is 10.2. The van der Waals surface area contributed by atoms with Crippen LogP contribution in [-0.2, 0) is 0 Å². The number of rotatable bonds is 6. The van der Waals surface area contributed by atoms with Crippen LogP contribution in [0.2, 0.25) is 0 Å². The smallest absolute Gasteiger partial charge is 0.323 e. The van der Waals surface area contributed by atoms with E-state index in [1.54, 1.807) is 12.3 Å². The standard InChI is InChI=1S/C22H29N5O2/c1-23-18-12-13-27(15-18)19-9-6-16(7-10-19)25-22(28)26-17-8-11-21(24-14-17)29-20-4-2-3-5-20/h6-11,14,18,20,23H,2-5,12-13,15H2,1H3,(H2,25,26,28). The van der Waals surface area contributed by atoms with E-state index in [9.17, 15) is 4.79 Å². The third-order valence-electron chi connectivity index (χ3n) is 5.67. The van der Waals surface area contributed by atoms with Gasteiger partial charge >= 0.3 is 6.03 Å². The maximum atomic E-state index is 12.3. The van der Waals surface area contributed by atoms with Crippen molar-refractivity contribution >= 4 is 23.1 Å². The van der Waals surface area contributed by atoms with E-state index >= 15 is 0 Å². The van der Waals surface area contributed by atoms with Gasteiger partial charge in [-0.05, 0) is 69.5 Å². The van der Waals surface area contributed by atoms with Crippen molar-refractivity contribution in [3.63, 3.8) is 0 Å². The van der Waals surface area contributed by atoms with Crippen LogP contribution in [0.3, 0.4) is 0 Å². The molecule has 4 rings (SSSR count). The predicted molar refractivity (Wildman–Crippen MR) is 116 cm³/mol. The summed E-state index contributed by atoms with van der Waals surface area (Å²) < 4.78 is 5.85. The molecule has 154 valence electrons. The van der Waals surface area contributed by atoms with E-state index in [4.69, 9.17) is 4.74 Å². The van der Waals surface area contributed by atoms with E-state index in [2.05, 4.69) is 25.8 Å². The summed E-state index contributed by atoms with van der Waals surface area (Å²) in [7, 11) is 2.01. The number of carbonyl (C=O) groups is 1. The Labute approximate surface area is 171 Å². The average molecular weight is 396 g/mol. The summed E-state index contributed by atoms with van der Waals surface area (Å²) in [6.07, 6.45) is 7.68. The number of carbonyl (C=O) groups excluding carboxylic acids is 1. The molecule has 0 radical (unpaired) electrons. The minimum absolute atomic E-state index is 0.275. The van der Waals surface area contributed by atoms with E-state index in [1.165, 1.54) is 18.5 Å². The van der Waals surface area contributed by atoms with E-state index in [-0.39, 0.29) is 12.1 Å². The van der Waals surface area contributed by atoms with Gasteiger partial charge in [0.25, 0.3) is 0 Å². The fourth-order valence-corrected chi connectivity index (χ4v) is 3.98. The number of anilines is 3. The Morgan fingerprint density at radius 1 is 1.03 bits per heavy atom. The van der Waals surface area contributed by atoms with Crippen LogP contribution in [-0.4, -0.2) is 43.3 Å². The lowest BCUT2D eigenvalue weighted by molar-refractivity contribution is 0.201. The lowest BCUT2D eigenvalue weighted by Gasteiger charge is -2.19. The van der Waals surface area contributed by atoms with Crippen LogP contribution < -0.4 is 25.6 Å². The molecule has 3 N–H and O–H groups in total. The summed E-state index contributed by atoms with van der Waals surface area (Å²) in [5.41, 5.74) is 2.56. The Hall–Kier alpha value is -2.80. The Morgan fingerprint density at radius 3 is 2.41 bits per heavy atom. The molecule has 29 heavy (non-hydrogen) atoms. The molecule has 1 atom stereocenters. The number of urea groups is 1. The molecule has 2 aliphatic rings. The first-order valence-corrected chi connectivity index (χ1v) is 10.4. The molecule has 2 aromatic rings. The number of nitrogens with one attached hydrogen (secondary N) is 3.